The number of hydrogen-bond donors (Lipinski definition) is 0. The molecule has 0 N–H and O–H groups in total. The number of carbonyl (C=O) groups is 2. The predicted molar refractivity (Wildman–Crippen MR) is 93.9 cm³/mol. The highest BCUT2D eigenvalue weighted by Gasteiger charge is 2.23. The van der Waals surface area contributed by atoms with E-state index in [1.165, 1.54) is 0 Å². The summed E-state index contributed by atoms with van der Waals surface area (Å²) < 4.78 is 5.42. The second-order valence-electron chi connectivity index (χ2n) is 6.47. The van der Waals surface area contributed by atoms with Crippen LogP contribution in [-0.2, 0) is 16.0 Å². The molecule has 2 rings (SSSR count). The molecule has 1 saturated heterocycles. The van der Waals surface area contributed by atoms with Gasteiger partial charge in [-0.15, -0.1) is 0 Å². The van der Waals surface area contributed by atoms with Gasteiger partial charge >= 0.3 is 0 Å². The van der Waals surface area contributed by atoms with Gasteiger partial charge in [0.15, 0.2) is 0 Å². The third kappa shape index (κ3) is 4.98. The van der Waals surface area contributed by atoms with Crippen LogP contribution in [0.2, 0.25) is 0 Å². The van der Waals surface area contributed by atoms with Gasteiger partial charge in [-0.1, -0.05) is 26.0 Å². The van der Waals surface area contributed by atoms with Crippen LogP contribution >= 0.6 is 0 Å². The highest BCUT2D eigenvalue weighted by molar-refractivity contribution is 5.80. The smallest absolute Gasteiger partial charge is 0.227 e. The van der Waals surface area contributed by atoms with E-state index in [0.717, 1.165) is 30.8 Å². The largest absolute Gasteiger partial charge is 0.494 e. The summed E-state index contributed by atoms with van der Waals surface area (Å²) in [7, 11) is 0. The molecule has 2 amide bonds. The molecule has 0 aromatic heterocycles. The van der Waals surface area contributed by atoms with Crippen molar-refractivity contribution < 1.29 is 14.3 Å². The van der Waals surface area contributed by atoms with Crippen LogP contribution in [0.5, 0.6) is 5.75 Å². The van der Waals surface area contributed by atoms with Gasteiger partial charge in [0.05, 0.1) is 13.0 Å². The Labute approximate surface area is 144 Å². The zero-order valence-electron chi connectivity index (χ0n) is 15.0. The lowest BCUT2D eigenvalue weighted by atomic mass is 10.1. The van der Waals surface area contributed by atoms with Crippen molar-refractivity contribution in [3.8, 4) is 5.75 Å². The minimum absolute atomic E-state index is 0.0103. The maximum atomic E-state index is 12.5. The van der Waals surface area contributed by atoms with Crippen LogP contribution in [0.3, 0.4) is 0 Å². The molecule has 1 fully saturated rings. The maximum Gasteiger partial charge on any atom is 0.227 e. The van der Waals surface area contributed by atoms with Crippen molar-refractivity contribution in [1.82, 2.24) is 9.80 Å². The number of benzene rings is 1. The Morgan fingerprint density at radius 3 is 2.29 bits per heavy atom. The molecule has 0 spiro atoms. The highest BCUT2D eigenvalue weighted by Crippen LogP contribution is 2.14. The fourth-order valence-corrected chi connectivity index (χ4v) is 2.91. The van der Waals surface area contributed by atoms with Crippen molar-refractivity contribution in [3.63, 3.8) is 0 Å². The van der Waals surface area contributed by atoms with Gasteiger partial charge in [-0.25, -0.2) is 0 Å². The van der Waals surface area contributed by atoms with E-state index in [-0.39, 0.29) is 17.7 Å². The SMILES string of the molecule is CCOc1ccc(CC(=O)N2CCCN(C(=O)C(C)C)CC2)cc1. The third-order valence-electron chi connectivity index (χ3n) is 4.24. The maximum absolute atomic E-state index is 12.5. The van der Waals surface area contributed by atoms with E-state index >= 15 is 0 Å². The van der Waals surface area contributed by atoms with E-state index in [9.17, 15) is 9.59 Å². The molecule has 0 bridgehead atoms. The fourth-order valence-electron chi connectivity index (χ4n) is 2.91. The van der Waals surface area contributed by atoms with Gasteiger partial charge in [0.1, 0.15) is 5.75 Å². The van der Waals surface area contributed by atoms with Crippen LogP contribution in [0.25, 0.3) is 0 Å². The summed E-state index contributed by atoms with van der Waals surface area (Å²) in [4.78, 5) is 28.4. The zero-order chi connectivity index (χ0) is 17.5. The topological polar surface area (TPSA) is 49.9 Å². The van der Waals surface area contributed by atoms with Crippen molar-refractivity contribution >= 4 is 11.8 Å². The standard InChI is InChI=1S/C19H28N2O3/c1-4-24-17-8-6-16(7-9-17)14-18(22)20-10-5-11-21(13-12-20)19(23)15(2)3/h6-9,15H,4-5,10-14H2,1-3H3. The fraction of sp³-hybridized carbons (Fsp3) is 0.579. The molecule has 0 aliphatic carbocycles. The number of hydrogen-bond acceptors (Lipinski definition) is 3. The predicted octanol–water partition coefficient (Wildman–Crippen LogP) is 2.34. The van der Waals surface area contributed by atoms with Gasteiger partial charge in [0, 0.05) is 32.1 Å². The molecular weight excluding hydrogens is 304 g/mol. The van der Waals surface area contributed by atoms with E-state index in [0.29, 0.717) is 26.1 Å². The number of rotatable bonds is 5. The summed E-state index contributed by atoms with van der Waals surface area (Å²) in [6.45, 7) is 9.13. The molecule has 0 unspecified atom stereocenters. The Morgan fingerprint density at radius 1 is 1.04 bits per heavy atom. The molecule has 0 atom stereocenters. The first kappa shape index (κ1) is 18.3. The summed E-state index contributed by atoms with van der Waals surface area (Å²) in [5.41, 5.74) is 0.989. The van der Waals surface area contributed by atoms with Crippen LogP contribution in [0.15, 0.2) is 24.3 Å². The first-order valence-corrected chi connectivity index (χ1v) is 8.79. The summed E-state index contributed by atoms with van der Waals surface area (Å²) in [5.74, 6) is 1.14. The van der Waals surface area contributed by atoms with Crippen molar-refractivity contribution in [2.24, 2.45) is 5.92 Å². The Balaban J connectivity index is 1.89. The van der Waals surface area contributed by atoms with Gasteiger partial charge in [-0.2, -0.15) is 0 Å². The van der Waals surface area contributed by atoms with Gasteiger partial charge in [0.2, 0.25) is 11.8 Å². The number of nitrogens with zero attached hydrogens (tertiary/aromatic N) is 2. The molecule has 0 radical (unpaired) electrons. The second kappa shape index (κ2) is 8.71. The van der Waals surface area contributed by atoms with Gasteiger partial charge in [0.25, 0.3) is 0 Å². The summed E-state index contributed by atoms with van der Waals surface area (Å²) in [6, 6.07) is 7.68. The molecule has 0 saturated carbocycles. The summed E-state index contributed by atoms with van der Waals surface area (Å²) in [6.07, 6.45) is 1.23. The lowest BCUT2D eigenvalue weighted by molar-refractivity contribution is -0.135. The van der Waals surface area contributed by atoms with Crippen LogP contribution in [0.1, 0.15) is 32.8 Å². The van der Waals surface area contributed by atoms with E-state index in [1.54, 1.807) is 0 Å². The third-order valence-corrected chi connectivity index (χ3v) is 4.24. The molecule has 1 aliphatic rings. The zero-order valence-corrected chi connectivity index (χ0v) is 15.0. The second-order valence-corrected chi connectivity index (χ2v) is 6.47. The Bertz CT molecular complexity index is 554. The van der Waals surface area contributed by atoms with E-state index < -0.39 is 0 Å². The minimum atomic E-state index is 0.0103. The molecule has 1 heterocycles. The summed E-state index contributed by atoms with van der Waals surface area (Å²) >= 11 is 0. The minimum Gasteiger partial charge on any atom is -0.494 e. The Kier molecular flexibility index (Phi) is 6.64. The van der Waals surface area contributed by atoms with Gasteiger partial charge in [-0.3, -0.25) is 9.59 Å². The number of ether oxygens (including phenoxy) is 1. The van der Waals surface area contributed by atoms with Gasteiger partial charge in [-0.05, 0) is 31.0 Å². The molecule has 1 aliphatic heterocycles. The molecule has 24 heavy (non-hydrogen) atoms. The van der Waals surface area contributed by atoms with Crippen molar-refractivity contribution in [1.29, 1.82) is 0 Å². The molecule has 5 nitrogen and oxygen atoms in total. The van der Waals surface area contributed by atoms with Crippen LogP contribution in [0, 0.1) is 5.92 Å². The van der Waals surface area contributed by atoms with Crippen molar-refractivity contribution in [2.45, 2.75) is 33.6 Å². The quantitative estimate of drug-likeness (QED) is 0.832. The molecule has 132 valence electrons. The molecular formula is C19H28N2O3. The van der Waals surface area contributed by atoms with Crippen LogP contribution in [-0.4, -0.2) is 54.4 Å². The van der Waals surface area contributed by atoms with Crippen molar-refractivity contribution in [3.05, 3.63) is 29.8 Å². The van der Waals surface area contributed by atoms with E-state index in [1.807, 2.05) is 54.8 Å². The molecule has 1 aromatic carbocycles. The normalized spacial score (nSPS) is 15.3. The number of carbonyl (C=O) groups excluding carboxylic acids is 2. The number of amides is 2. The van der Waals surface area contributed by atoms with Crippen LogP contribution in [0.4, 0.5) is 0 Å². The summed E-state index contributed by atoms with van der Waals surface area (Å²) in [5, 5.41) is 0. The Hall–Kier alpha value is -2.04. The van der Waals surface area contributed by atoms with Crippen molar-refractivity contribution in [2.75, 3.05) is 32.8 Å². The monoisotopic (exact) mass is 332 g/mol. The van der Waals surface area contributed by atoms with E-state index in [4.69, 9.17) is 4.74 Å². The first-order valence-electron chi connectivity index (χ1n) is 8.79. The average molecular weight is 332 g/mol. The average Bonchev–Trinajstić information content (AvgIpc) is 2.82. The lowest BCUT2D eigenvalue weighted by Gasteiger charge is -2.23. The highest BCUT2D eigenvalue weighted by atomic mass is 16.5. The van der Waals surface area contributed by atoms with Gasteiger partial charge < -0.3 is 14.5 Å². The molecule has 1 aromatic rings. The van der Waals surface area contributed by atoms with E-state index in [2.05, 4.69) is 0 Å². The van der Waals surface area contributed by atoms with Crippen LogP contribution < -0.4 is 4.74 Å². The molecule has 5 heteroatoms. The Morgan fingerprint density at radius 2 is 1.67 bits per heavy atom. The lowest BCUT2D eigenvalue weighted by Crippen LogP contribution is -2.39. The first-order chi connectivity index (χ1) is 11.5.